The highest BCUT2D eigenvalue weighted by molar-refractivity contribution is 5.71. The Morgan fingerprint density at radius 1 is 0.377 bits per heavy atom. The Labute approximate surface area is 327 Å². The Morgan fingerprint density at radius 3 is 1.08 bits per heavy atom. The van der Waals surface area contributed by atoms with Crippen LogP contribution in [0.25, 0.3) is 0 Å². The minimum absolute atomic E-state index is 0.0847. The second kappa shape index (κ2) is 42.1. The molecule has 0 aromatic carbocycles. The van der Waals surface area contributed by atoms with Gasteiger partial charge in [0.15, 0.2) is 6.10 Å². The van der Waals surface area contributed by atoms with Gasteiger partial charge in [0.05, 0.1) is 0 Å². The van der Waals surface area contributed by atoms with Crippen molar-refractivity contribution < 1.29 is 28.6 Å². The second-order valence-electron chi connectivity index (χ2n) is 14.6. The van der Waals surface area contributed by atoms with Crippen molar-refractivity contribution in [2.45, 2.75) is 219 Å². The molecule has 0 aliphatic carbocycles. The minimum Gasteiger partial charge on any atom is -0.462 e. The quantitative estimate of drug-likeness (QED) is 0.0270. The molecule has 0 radical (unpaired) electrons. The molecule has 0 aromatic heterocycles. The molecule has 0 amide bonds. The van der Waals surface area contributed by atoms with Gasteiger partial charge in [0.25, 0.3) is 0 Å². The van der Waals surface area contributed by atoms with Gasteiger partial charge in [-0.25, -0.2) is 0 Å². The standard InChI is InChI=1S/C47H82O6/c1-4-7-10-13-15-17-19-21-23-25-27-29-31-34-37-40-46(49)52-43-44(42-51-45(48)39-36-33-12-9-6-3)53-47(50)41-38-35-32-30-28-26-24-22-20-18-16-14-11-8-5-2/h15-18,21-24,44H,4-14,19-20,25-43H2,1-3H3/b17-15-,18-16-,23-21-,24-22-/t44-/m0/s1. The first-order valence-corrected chi connectivity index (χ1v) is 22.1. The molecule has 0 aromatic rings. The van der Waals surface area contributed by atoms with Crippen LogP contribution in [0, 0.1) is 0 Å². The van der Waals surface area contributed by atoms with Crippen molar-refractivity contribution in [3.63, 3.8) is 0 Å². The lowest BCUT2D eigenvalue weighted by Crippen LogP contribution is -2.30. The molecule has 0 saturated heterocycles. The van der Waals surface area contributed by atoms with Crippen LogP contribution in [0.1, 0.15) is 213 Å². The average Bonchev–Trinajstić information content (AvgIpc) is 3.15. The Kier molecular flexibility index (Phi) is 40.0. The molecule has 0 spiro atoms. The summed E-state index contributed by atoms with van der Waals surface area (Å²) < 4.78 is 16.6. The van der Waals surface area contributed by atoms with Crippen molar-refractivity contribution in [2.24, 2.45) is 0 Å². The molecule has 0 aliphatic heterocycles. The molecule has 0 N–H and O–H groups in total. The van der Waals surface area contributed by atoms with Crippen molar-refractivity contribution in [3.8, 4) is 0 Å². The van der Waals surface area contributed by atoms with Gasteiger partial charge in [0.2, 0.25) is 0 Å². The van der Waals surface area contributed by atoms with Crippen molar-refractivity contribution in [3.05, 3.63) is 48.6 Å². The van der Waals surface area contributed by atoms with Crippen LogP contribution in [0.5, 0.6) is 0 Å². The van der Waals surface area contributed by atoms with Gasteiger partial charge in [-0.2, -0.15) is 0 Å². The fourth-order valence-electron chi connectivity index (χ4n) is 5.91. The lowest BCUT2D eigenvalue weighted by Gasteiger charge is -2.18. The molecule has 306 valence electrons. The number of esters is 3. The Bertz CT molecular complexity index is 949. The number of unbranched alkanes of at least 4 members (excludes halogenated alkanes) is 20. The van der Waals surface area contributed by atoms with E-state index in [-0.39, 0.29) is 31.1 Å². The molecule has 1 atom stereocenters. The van der Waals surface area contributed by atoms with Gasteiger partial charge in [-0.3, -0.25) is 14.4 Å². The molecule has 6 nitrogen and oxygen atoms in total. The zero-order chi connectivity index (χ0) is 38.7. The van der Waals surface area contributed by atoms with Crippen molar-refractivity contribution >= 4 is 17.9 Å². The molecule has 0 fully saturated rings. The van der Waals surface area contributed by atoms with Crippen LogP contribution in [0.15, 0.2) is 48.6 Å². The summed E-state index contributed by atoms with van der Waals surface area (Å²) in [5, 5.41) is 0. The van der Waals surface area contributed by atoms with Crippen LogP contribution in [0.3, 0.4) is 0 Å². The van der Waals surface area contributed by atoms with E-state index in [0.29, 0.717) is 19.3 Å². The highest BCUT2D eigenvalue weighted by atomic mass is 16.6. The van der Waals surface area contributed by atoms with E-state index < -0.39 is 6.10 Å². The topological polar surface area (TPSA) is 78.9 Å². The van der Waals surface area contributed by atoms with E-state index in [1.807, 2.05) is 0 Å². The van der Waals surface area contributed by atoms with Crippen molar-refractivity contribution in [1.82, 2.24) is 0 Å². The predicted molar refractivity (Wildman–Crippen MR) is 224 cm³/mol. The third kappa shape index (κ3) is 40.4. The molecule has 0 heterocycles. The van der Waals surface area contributed by atoms with Crippen LogP contribution in [-0.2, 0) is 28.6 Å². The van der Waals surface area contributed by atoms with Crippen LogP contribution < -0.4 is 0 Å². The molecular weight excluding hydrogens is 661 g/mol. The van der Waals surface area contributed by atoms with E-state index in [4.69, 9.17) is 14.2 Å². The van der Waals surface area contributed by atoms with E-state index in [2.05, 4.69) is 69.4 Å². The highest BCUT2D eigenvalue weighted by Gasteiger charge is 2.19. The summed E-state index contributed by atoms with van der Waals surface area (Å²) in [4.78, 5) is 37.4. The summed E-state index contributed by atoms with van der Waals surface area (Å²) >= 11 is 0. The third-order valence-corrected chi connectivity index (χ3v) is 9.31. The van der Waals surface area contributed by atoms with Crippen LogP contribution in [0.4, 0.5) is 0 Å². The van der Waals surface area contributed by atoms with Gasteiger partial charge in [-0.15, -0.1) is 0 Å². The maximum Gasteiger partial charge on any atom is 0.306 e. The van der Waals surface area contributed by atoms with Crippen molar-refractivity contribution in [1.29, 1.82) is 0 Å². The van der Waals surface area contributed by atoms with E-state index >= 15 is 0 Å². The molecular formula is C47H82O6. The molecule has 0 unspecified atom stereocenters. The number of carbonyl (C=O) groups is 3. The first-order valence-electron chi connectivity index (χ1n) is 22.1. The van der Waals surface area contributed by atoms with Crippen LogP contribution in [-0.4, -0.2) is 37.2 Å². The number of allylic oxidation sites excluding steroid dienone is 8. The number of rotatable bonds is 39. The SMILES string of the molecule is CCCCC/C=C\C/C=C\CCCCCCCC(=O)OC[C@H](COC(=O)CCCCCCC)OC(=O)CCCCCCC/C=C\C/C=C\CCCCC. The summed E-state index contributed by atoms with van der Waals surface area (Å²) in [6.07, 6.45) is 48.3. The van der Waals surface area contributed by atoms with Crippen LogP contribution in [0.2, 0.25) is 0 Å². The van der Waals surface area contributed by atoms with Crippen molar-refractivity contribution in [2.75, 3.05) is 13.2 Å². The Morgan fingerprint density at radius 2 is 0.679 bits per heavy atom. The molecule has 0 saturated carbocycles. The van der Waals surface area contributed by atoms with Gasteiger partial charge in [0.1, 0.15) is 13.2 Å². The number of hydrogen-bond acceptors (Lipinski definition) is 6. The number of hydrogen-bond donors (Lipinski definition) is 0. The molecule has 0 bridgehead atoms. The predicted octanol–water partition coefficient (Wildman–Crippen LogP) is 14.0. The largest absolute Gasteiger partial charge is 0.462 e. The van der Waals surface area contributed by atoms with Gasteiger partial charge in [-0.1, -0.05) is 159 Å². The molecule has 0 rings (SSSR count). The van der Waals surface area contributed by atoms with E-state index in [9.17, 15) is 14.4 Å². The highest BCUT2D eigenvalue weighted by Crippen LogP contribution is 2.12. The van der Waals surface area contributed by atoms with Crippen LogP contribution >= 0.6 is 0 Å². The summed E-state index contributed by atoms with van der Waals surface area (Å²) in [7, 11) is 0. The summed E-state index contributed by atoms with van der Waals surface area (Å²) in [5.41, 5.74) is 0. The summed E-state index contributed by atoms with van der Waals surface area (Å²) in [6, 6.07) is 0. The van der Waals surface area contributed by atoms with Gasteiger partial charge in [0, 0.05) is 19.3 Å². The fourth-order valence-corrected chi connectivity index (χ4v) is 5.91. The smallest absolute Gasteiger partial charge is 0.306 e. The fraction of sp³-hybridized carbons (Fsp3) is 0.766. The zero-order valence-electron chi connectivity index (χ0n) is 34.8. The third-order valence-electron chi connectivity index (χ3n) is 9.31. The number of ether oxygens (including phenoxy) is 3. The zero-order valence-corrected chi connectivity index (χ0v) is 34.8. The first kappa shape index (κ1) is 50.4. The lowest BCUT2D eigenvalue weighted by atomic mass is 10.1. The Balaban J connectivity index is 4.29. The molecule has 53 heavy (non-hydrogen) atoms. The van der Waals surface area contributed by atoms with Gasteiger partial charge in [-0.05, 0) is 83.5 Å². The normalized spacial score (nSPS) is 12.4. The second-order valence-corrected chi connectivity index (χ2v) is 14.6. The van der Waals surface area contributed by atoms with E-state index in [0.717, 1.165) is 109 Å². The molecule has 0 aliphatic rings. The maximum atomic E-state index is 12.7. The van der Waals surface area contributed by atoms with E-state index in [1.165, 1.54) is 64.2 Å². The van der Waals surface area contributed by atoms with E-state index in [1.54, 1.807) is 0 Å². The summed E-state index contributed by atoms with van der Waals surface area (Å²) in [5.74, 6) is -0.929. The lowest BCUT2D eigenvalue weighted by molar-refractivity contribution is -0.167. The monoisotopic (exact) mass is 743 g/mol. The molecule has 6 heteroatoms. The average molecular weight is 743 g/mol. The first-order chi connectivity index (χ1) is 26.0. The minimum atomic E-state index is -0.780. The van der Waals surface area contributed by atoms with Gasteiger partial charge < -0.3 is 14.2 Å². The Hall–Kier alpha value is -2.63. The summed E-state index contributed by atoms with van der Waals surface area (Å²) in [6.45, 7) is 6.46. The van der Waals surface area contributed by atoms with Gasteiger partial charge >= 0.3 is 17.9 Å². The maximum absolute atomic E-state index is 12.7. The number of carbonyl (C=O) groups excluding carboxylic acids is 3.